The van der Waals surface area contributed by atoms with Crippen LogP contribution in [-0.2, 0) is 14.3 Å². The molecule has 1 aliphatic rings. The van der Waals surface area contributed by atoms with Crippen molar-refractivity contribution in [1.82, 2.24) is 0 Å². The first kappa shape index (κ1) is 14.7. The predicted octanol–water partition coefficient (Wildman–Crippen LogP) is 2.54. The lowest BCUT2D eigenvalue weighted by molar-refractivity contribution is -0.149. The molecule has 0 bridgehead atoms. The standard InChI is InChI=1S/C16H20O4/c1-3-19-16(18)14(13-5-4-10-20-13)15(17)12-8-6-11(2)7-9-12/h6-9,13-14H,3-5,10H2,1-2H3. The molecule has 108 valence electrons. The lowest BCUT2D eigenvalue weighted by Gasteiger charge is -2.20. The number of benzene rings is 1. The molecule has 2 unspecified atom stereocenters. The van der Waals surface area contributed by atoms with Crippen LogP contribution in [0.5, 0.6) is 0 Å². The highest BCUT2D eigenvalue weighted by atomic mass is 16.5. The average molecular weight is 276 g/mol. The summed E-state index contributed by atoms with van der Waals surface area (Å²) in [5.74, 6) is -1.54. The number of rotatable bonds is 5. The van der Waals surface area contributed by atoms with Gasteiger partial charge in [0.15, 0.2) is 5.78 Å². The number of carbonyl (C=O) groups excluding carboxylic acids is 2. The summed E-state index contributed by atoms with van der Waals surface area (Å²) in [6.45, 7) is 4.56. The first-order valence-corrected chi connectivity index (χ1v) is 7.02. The molecule has 0 radical (unpaired) electrons. The fourth-order valence-electron chi connectivity index (χ4n) is 2.42. The van der Waals surface area contributed by atoms with Crippen LogP contribution in [0.1, 0.15) is 35.7 Å². The highest BCUT2D eigenvalue weighted by molar-refractivity contribution is 6.09. The van der Waals surface area contributed by atoms with E-state index >= 15 is 0 Å². The third kappa shape index (κ3) is 3.25. The maximum absolute atomic E-state index is 12.6. The molecule has 0 aliphatic carbocycles. The van der Waals surface area contributed by atoms with Crippen molar-refractivity contribution in [1.29, 1.82) is 0 Å². The fourth-order valence-corrected chi connectivity index (χ4v) is 2.42. The van der Waals surface area contributed by atoms with Crippen LogP contribution in [-0.4, -0.2) is 31.1 Å². The van der Waals surface area contributed by atoms with Gasteiger partial charge in [0.25, 0.3) is 0 Å². The first-order chi connectivity index (χ1) is 9.63. The van der Waals surface area contributed by atoms with Gasteiger partial charge in [-0.05, 0) is 26.7 Å². The van der Waals surface area contributed by atoms with Gasteiger partial charge < -0.3 is 9.47 Å². The zero-order chi connectivity index (χ0) is 14.5. The summed E-state index contributed by atoms with van der Waals surface area (Å²) < 4.78 is 10.6. The maximum Gasteiger partial charge on any atom is 0.319 e. The van der Waals surface area contributed by atoms with E-state index in [1.807, 2.05) is 19.1 Å². The second kappa shape index (κ2) is 6.66. The van der Waals surface area contributed by atoms with Gasteiger partial charge in [-0.2, -0.15) is 0 Å². The molecule has 1 saturated heterocycles. The molecule has 1 fully saturated rings. The summed E-state index contributed by atoms with van der Waals surface area (Å²) in [5.41, 5.74) is 1.61. The molecular formula is C16H20O4. The van der Waals surface area contributed by atoms with Gasteiger partial charge in [0.2, 0.25) is 0 Å². The highest BCUT2D eigenvalue weighted by Crippen LogP contribution is 2.25. The molecule has 1 aliphatic heterocycles. The highest BCUT2D eigenvalue weighted by Gasteiger charge is 2.38. The quantitative estimate of drug-likeness (QED) is 0.471. The smallest absolute Gasteiger partial charge is 0.319 e. The molecule has 2 atom stereocenters. The molecule has 1 aromatic rings. The van der Waals surface area contributed by atoms with E-state index in [9.17, 15) is 9.59 Å². The fraction of sp³-hybridized carbons (Fsp3) is 0.500. The molecule has 1 aromatic carbocycles. The van der Waals surface area contributed by atoms with Gasteiger partial charge in [-0.1, -0.05) is 29.8 Å². The van der Waals surface area contributed by atoms with Crippen molar-refractivity contribution in [2.24, 2.45) is 5.92 Å². The van der Waals surface area contributed by atoms with Crippen molar-refractivity contribution in [2.75, 3.05) is 13.2 Å². The Balaban J connectivity index is 2.22. The minimum atomic E-state index is -0.847. The van der Waals surface area contributed by atoms with E-state index < -0.39 is 11.9 Å². The lowest BCUT2D eigenvalue weighted by atomic mass is 9.90. The van der Waals surface area contributed by atoms with Gasteiger partial charge in [-0.25, -0.2) is 0 Å². The number of carbonyl (C=O) groups is 2. The van der Waals surface area contributed by atoms with E-state index in [2.05, 4.69) is 0 Å². The summed E-state index contributed by atoms with van der Waals surface area (Å²) in [7, 11) is 0. The van der Waals surface area contributed by atoms with Crippen LogP contribution in [0.2, 0.25) is 0 Å². The minimum Gasteiger partial charge on any atom is -0.465 e. The Kier molecular flexibility index (Phi) is 4.90. The minimum absolute atomic E-state index is 0.213. The number of esters is 1. The molecule has 0 spiro atoms. The van der Waals surface area contributed by atoms with Gasteiger partial charge in [-0.15, -0.1) is 0 Å². The van der Waals surface area contributed by atoms with Gasteiger partial charge >= 0.3 is 5.97 Å². The van der Waals surface area contributed by atoms with Crippen molar-refractivity contribution in [3.05, 3.63) is 35.4 Å². The van der Waals surface area contributed by atoms with Crippen LogP contribution in [0.3, 0.4) is 0 Å². The number of Topliss-reactive ketones (excluding diaryl/α,β-unsaturated/α-hetero) is 1. The summed E-state index contributed by atoms with van der Waals surface area (Å²) in [6.07, 6.45) is 1.24. The molecule has 20 heavy (non-hydrogen) atoms. The predicted molar refractivity (Wildman–Crippen MR) is 74.6 cm³/mol. The molecule has 2 rings (SSSR count). The van der Waals surface area contributed by atoms with Crippen LogP contribution >= 0.6 is 0 Å². The van der Waals surface area contributed by atoms with Crippen molar-refractivity contribution in [2.45, 2.75) is 32.8 Å². The Morgan fingerprint density at radius 2 is 2.05 bits per heavy atom. The van der Waals surface area contributed by atoms with E-state index in [1.165, 1.54) is 0 Å². The Bertz CT molecular complexity index is 472. The van der Waals surface area contributed by atoms with Crippen LogP contribution < -0.4 is 0 Å². The van der Waals surface area contributed by atoms with E-state index in [-0.39, 0.29) is 18.5 Å². The number of hydrogen-bond donors (Lipinski definition) is 0. The molecule has 1 heterocycles. The molecular weight excluding hydrogens is 256 g/mol. The van der Waals surface area contributed by atoms with Crippen molar-refractivity contribution >= 4 is 11.8 Å². The molecule has 0 N–H and O–H groups in total. The van der Waals surface area contributed by atoms with E-state index in [0.717, 1.165) is 18.4 Å². The van der Waals surface area contributed by atoms with Crippen molar-refractivity contribution in [3.63, 3.8) is 0 Å². The molecule has 4 nitrogen and oxygen atoms in total. The second-order valence-corrected chi connectivity index (χ2v) is 5.01. The largest absolute Gasteiger partial charge is 0.465 e. The van der Waals surface area contributed by atoms with Crippen LogP contribution in [0.15, 0.2) is 24.3 Å². The summed E-state index contributed by atoms with van der Waals surface area (Å²) >= 11 is 0. The number of aryl methyl sites for hydroxylation is 1. The third-order valence-electron chi connectivity index (χ3n) is 3.50. The van der Waals surface area contributed by atoms with Crippen LogP contribution in [0, 0.1) is 12.8 Å². The van der Waals surface area contributed by atoms with E-state index in [4.69, 9.17) is 9.47 Å². The first-order valence-electron chi connectivity index (χ1n) is 7.02. The second-order valence-electron chi connectivity index (χ2n) is 5.01. The van der Waals surface area contributed by atoms with Gasteiger partial charge in [0, 0.05) is 12.2 Å². The number of ether oxygens (including phenoxy) is 2. The normalized spacial score (nSPS) is 19.6. The lowest BCUT2D eigenvalue weighted by Crippen LogP contribution is -2.36. The average Bonchev–Trinajstić information content (AvgIpc) is 2.94. The Morgan fingerprint density at radius 3 is 2.60 bits per heavy atom. The molecule has 0 aromatic heterocycles. The number of ketones is 1. The maximum atomic E-state index is 12.6. The van der Waals surface area contributed by atoms with Crippen LogP contribution in [0.4, 0.5) is 0 Å². The third-order valence-corrected chi connectivity index (χ3v) is 3.50. The SMILES string of the molecule is CCOC(=O)C(C(=O)c1ccc(C)cc1)C1CCCO1. The monoisotopic (exact) mass is 276 g/mol. The van der Waals surface area contributed by atoms with E-state index in [0.29, 0.717) is 12.2 Å². The van der Waals surface area contributed by atoms with Crippen LogP contribution in [0.25, 0.3) is 0 Å². The molecule has 0 saturated carbocycles. The topological polar surface area (TPSA) is 52.6 Å². The molecule has 4 heteroatoms. The Labute approximate surface area is 119 Å². The zero-order valence-electron chi connectivity index (χ0n) is 11.9. The number of hydrogen-bond acceptors (Lipinski definition) is 4. The van der Waals surface area contributed by atoms with Crippen molar-refractivity contribution in [3.8, 4) is 0 Å². The Hall–Kier alpha value is -1.68. The summed E-state index contributed by atoms with van der Waals surface area (Å²) in [4.78, 5) is 24.7. The van der Waals surface area contributed by atoms with Gasteiger partial charge in [0.1, 0.15) is 5.92 Å². The summed E-state index contributed by atoms with van der Waals surface area (Å²) in [5, 5.41) is 0. The Morgan fingerprint density at radius 1 is 1.35 bits per heavy atom. The van der Waals surface area contributed by atoms with E-state index in [1.54, 1.807) is 19.1 Å². The van der Waals surface area contributed by atoms with Crippen molar-refractivity contribution < 1.29 is 19.1 Å². The zero-order valence-corrected chi connectivity index (χ0v) is 11.9. The molecule has 0 amide bonds. The van der Waals surface area contributed by atoms with Gasteiger partial charge in [0.05, 0.1) is 12.7 Å². The summed E-state index contributed by atoms with van der Waals surface area (Å²) in [6, 6.07) is 7.23. The van der Waals surface area contributed by atoms with Gasteiger partial charge in [-0.3, -0.25) is 9.59 Å².